The van der Waals surface area contributed by atoms with Crippen molar-refractivity contribution in [1.82, 2.24) is 0 Å². The molecule has 1 heterocycles. The van der Waals surface area contributed by atoms with Crippen molar-refractivity contribution in [2.24, 2.45) is 0 Å². The number of carboxylic acids is 1. The van der Waals surface area contributed by atoms with Crippen LogP contribution in [0.5, 0.6) is 0 Å². The minimum atomic E-state index is -0.978. The van der Waals surface area contributed by atoms with Gasteiger partial charge in [0, 0.05) is 11.3 Å². The average Bonchev–Trinajstić information content (AvgIpc) is 2.82. The van der Waals surface area contributed by atoms with Gasteiger partial charge in [-0.1, -0.05) is 30.3 Å². The van der Waals surface area contributed by atoms with Crippen LogP contribution < -0.4 is 5.73 Å². The Morgan fingerprint density at radius 1 is 1.38 bits per heavy atom. The zero-order valence-corrected chi connectivity index (χ0v) is 12.1. The number of fused-ring (bicyclic) bond motifs is 1. The summed E-state index contributed by atoms with van der Waals surface area (Å²) in [5, 5.41) is 19.3. The van der Waals surface area contributed by atoms with Crippen LogP contribution in [0.1, 0.15) is 32.8 Å². The van der Waals surface area contributed by atoms with Crippen molar-refractivity contribution >= 4 is 22.3 Å². The monoisotopic (exact) mass is 298 g/mol. The topological polar surface area (TPSA) is 87.1 Å². The van der Waals surface area contributed by atoms with Crippen LogP contribution >= 0.6 is 11.3 Å². The Hall–Kier alpha value is -2.32. The Morgan fingerprint density at radius 2 is 2.10 bits per heavy atom. The zero-order valence-electron chi connectivity index (χ0n) is 11.3. The summed E-state index contributed by atoms with van der Waals surface area (Å²) >= 11 is 1.30. The van der Waals surface area contributed by atoms with Gasteiger partial charge in [0.05, 0.1) is 17.0 Å². The van der Waals surface area contributed by atoms with Crippen molar-refractivity contribution < 1.29 is 9.90 Å². The third-order valence-electron chi connectivity index (χ3n) is 4.14. The highest BCUT2D eigenvalue weighted by molar-refractivity contribution is 7.16. The summed E-state index contributed by atoms with van der Waals surface area (Å²) in [6.45, 7) is 0. The molecular weight excluding hydrogens is 284 g/mol. The minimum Gasteiger partial charge on any atom is -0.478 e. The molecule has 0 bridgehead atoms. The van der Waals surface area contributed by atoms with Crippen molar-refractivity contribution in [1.29, 1.82) is 5.26 Å². The van der Waals surface area contributed by atoms with Crippen LogP contribution in [0.25, 0.3) is 0 Å². The third-order valence-corrected chi connectivity index (χ3v) is 5.20. The van der Waals surface area contributed by atoms with Crippen molar-refractivity contribution in [2.45, 2.75) is 24.7 Å². The number of nitrogen functional groups attached to an aromatic ring is 1. The number of thiophene rings is 1. The van der Waals surface area contributed by atoms with Crippen LogP contribution in [-0.2, 0) is 18.3 Å². The molecule has 1 aliphatic carbocycles. The first-order valence-electron chi connectivity index (χ1n) is 6.67. The van der Waals surface area contributed by atoms with E-state index in [0.717, 1.165) is 16.0 Å². The van der Waals surface area contributed by atoms with Crippen molar-refractivity contribution in [3.05, 3.63) is 51.9 Å². The van der Waals surface area contributed by atoms with E-state index in [1.54, 1.807) is 0 Å². The van der Waals surface area contributed by atoms with Crippen molar-refractivity contribution in [3.63, 3.8) is 0 Å². The highest BCUT2D eigenvalue weighted by Gasteiger charge is 2.39. The van der Waals surface area contributed by atoms with Crippen molar-refractivity contribution in [3.8, 4) is 6.07 Å². The standard InChI is InChI=1S/C16H14N2O2S/c17-9-16(10-4-2-1-3-5-10)7-6-11-12(8-16)21-14(18)13(11)15(19)20/h1-5H,6-8,18H2,(H,19,20). The minimum absolute atomic E-state index is 0.231. The maximum atomic E-state index is 11.3. The fraction of sp³-hybridized carbons (Fsp3) is 0.250. The summed E-state index contributed by atoms with van der Waals surface area (Å²) in [6.07, 6.45) is 1.73. The second-order valence-corrected chi connectivity index (χ2v) is 6.42. The number of anilines is 1. The molecule has 0 saturated carbocycles. The molecule has 5 heteroatoms. The quantitative estimate of drug-likeness (QED) is 0.892. The molecule has 3 N–H and O–H groups in total. The number of carboxylic acid groups (broad SMARTS) is 1. The van der Waals surface area contributed by atoms with Gasteiger partial charge in [0.2, 0.25) is 0 Å². The number of aromatic carboxylic acids is 1. The summed E-state index contributed by atoms with van der Waals surface area (Å²) in [4.78, 5) is 12.2. The lowest BCUT2D eigenvalue weighted by Gasteiger charge is -2.31. The number of hydrogen-bond acceptors (Lipinski definition) is 4. The summed E-state index contributed by atoms with van der Waals surface area (Å²) in [6, 6.07) is 12.2. The zero-order chi connectivity index (χ0) is 15.0. The molecule has 0 fully saturated rings. The van der Waals surface area contributed by atoms with Crippen LogP contribution in [0.3, 0.4) is 0 Å². The van der Waals surface area contributed by atoms with Crippen LogP contribution in [0.4, 0.5) is 5.00 Å². The molecule has 2 aromatic rings. The van der Waals surface area contributed by atoms with E-state index in [0.29, 0.717) is 24.3 Å². The number of benzene rings is 1. The summed E-state index contributed by atoms with van der Waals surface area (Å²) in [7, 11) is 0. The van der Waals surface area contributed by atoms with E-state index < -0.39 is 11.4 Å². The van der Waals surface area contributed by atoms with Crippen LogP contribution in [0, 0.1) is 11.3 Å². The molecule has 0 spiro atoms. The van der Waals surface area contributed by atoms with Gasteiger partial charge >= 0.3 is 5.97 Å². The Balaban J connectivity index is 2.07. The molecule has 1 aromatic heterocycles. The van der Waals surface area contributed by atoms with Gasteiger partial charge in [0.15, 0.2) is 0 Å². The van der Waals surface area contributed by atoms with Gasteiger partial charge in [-0.15, -0.1) is 11.3 Å². The Bertz CT molecular complexity index is 746. The highest BCUT2D eigenvalue weighted by Crippen LogP contribution is 2.44. The molecule has 1 aromatic carbocycles. The van der Waals surface area contributed by atoms with Crippen LogP contribution in [0.2, 0.25) is 0 Å². The molecular formula is C16H14N2O2S. The summed E-state index contributed by atoms with van der Waals surface area (Å²) in [5.41, 5.74) is 7.29. The first-order valence-corrected chi connectivity index (χ1v) is 7.49. The van der Waals surface area contributed by atoms with Crippen LogP contribution in [0.15, 0.2) is 30.3 Å². The van der Waals surface area contributed by atoms with E-state index in [2.05, 4.69) is 6.07 Å². The van der Waals surface area contributed by atoms with Gasteiger partial charge in [-0.05, 0) is 24.0 Å². The first-order chi connectivity index (χ1) is 10.1. The normalized spacial score (nSPS) is 20.5. The summed E-state index contributed by atoms with van der Waals surface area (Å²) in [5.74, 6) is -0.978. The molecule has 0 radical (unpaired) electrons. The number of nitriles is 1. The number of hydrogen-bond donors (Lipinski definition) is 2. The fourth-order valence-corrected chi connectivity index (χ4v) is 4.26. The molecule has 0 saturated heterocycles. The van der Waals surface area contributed by atoms with Gasteiger partial charge in [-0.2, -0.15) is 5.26 Å². The van der Waals surface area contributed by atoms with Crippen molar-refractivity contribution in [2.75, 3.05) is 5.73 Å². The number of nitrogens with two attached hydrogens (primary N) is 1. The Kier molecular flexibility index (Phi) is 3.19. The molecule has 1 aliphatic rings. The maximum absolute atomic E-state index is 11.3. The van der Waals surface area contributed by atoms with E-state index in [9.17, 15) is 15.2 Å². The predicted octanol–water partition coefficient (Wildman–Crippen LogP) is 2.98. The molecule has 1 atom stereocenters. The lowest BCUT2D eigenvalue weighted by molar-refractivity contribution is 0.0697. The predicted molar refractivity (Wildman–Crippen MR) is 81.4 cm³/mol. The highest BCUT2D eigenvalue weighted by atomic mass is 32.1. The number of nitrogens with zero attached hydrogens (tertiary/aromatic N) is 1. The van der Waals surface area contributed by atoms with Gasteiger partial charge in [0.1, 0.15) is 5.00 Å². The maximum Gasteiger partial charge on any atom is 0.338 e. The van der Waals surface area contributed by atoms with E-state index in [4.69, 9.17) is 5.73 Å². The molecule has 21 heavy (non-hydrogen) atoms. The Labute approximate surface area is 126 Å². The van der Waals surface area contributed by atoms with E-state index in [-0.39, 0.29) is 5.56 Å². The summed E-state index contributed by atoms with van der Waals surface area (Å²) < 4.78 is 0. The SMILES string of the molecule is N#CC1(c2ccccc2)CCc2c(sc(N)c2C(=O)O)C1. The lowest BCUT2D eigenvalue weighted by atomic mass is 9.70. The fourth-order valence-electron chi connectivity index (χ4n) is 3.04. The van der Waals surface area contributed by atoms with Crippen LogP contribution in [-0.4, -0.2) is 11.1 Å². The number of rotatable bonds is 2. The molecule has 0 aliphatic heterocycles. The first kappa shape index (κ1) is 13.7. The van der Waals surface area contributed by atoms with Gasteiger partial charge in [-0.3, -0.25) is 0 Å². The van der Waals surface area contributed by atoms with Gasteiger partial charge < -0.3 is 10.8 Å². The second kappa shape index (κ2) is 4.90. The largest absolute Gasteiger partial charge is 0.478 e. The average molecular weight is 298 g/mol. The second-order valence-electron chi connectivity index (χ2n) is 5.28. The molecule has 4 nitrogen and oxygen atoms in total. The van der Waals surface area contributed by atoms with Gasteiger partial charge in [0.25, 0.3) is 0 Å². The van der Waals surface area contributed by atoms with Gasteiger partial charge in [-0.25, -0.2) is 4.79 Å². The molecule has 3 rings (SSSR count). The van der Waals surface area contributed by atoms with E-state index in [1.807, 2.05) is 30.3 Å². The van der Waals surface area contributed by atoms with E-state index >= 15 is 0 Å². The Morgan fingerprint density at radius 3 is 2.71 bits per heavy atom. The molecule has 1 unspecified atom stereocenters. The molecule has 0 amide bonds. The third kappa shape index (κ3) is 2.08. The van der Waals surface area contributed by atoms with E-state index in [1.165, 1.54) is 11.3 Å². The molecule has 106 valence electrons. The lowest BCUT2D eigenvalue weighted by Crippen LogP contribution is -2.31. The number of carbonyl (C=O) groups is 1. The smallest absolute Gasteiger partial charge is 0.338 e.